The Balaban J connectivity index is 1.75. The first kappa shape index (κ1) is 28.9. The molecular weight excluding hydrogens is 494 g/mol. The number of carbonyl (C=O) groups excluding carboxylic acids is 2. The van der Waals surface area contributed by atoms with Gasteiger partial charge in [-0.3, -0.25) is 20.4 Å². The van der Waals surface area contributed by atoms with E-state index in [0.717, 1.165) is 10.6 Å². The molecule has 3 heterocycles. The fourth-order valence-corrected chi connectivity index (χ4v) is 5.27. The molecule has 1 aromatic heterocycles. The number of urea groups is 1. The van der Waals surface area contributed by atoms with Crippen LogP contribution in [-0.2, 0) is 15.8 Å². The van der Waals surface area contributed by atoms with Crippen LogP contribution in [0.5, 0.6) is 0 Å². The van der Waals surface area contributed by atoms with Crippen LogP contribution in [0.4, 0.5) is 9.59 Å². The van der Waals surface area contributed by atoms with Crippen LogP contribution in [0.3, 0.4) is 0 Å². The van der Waals surface area contributed by atoms with Crippen molar-refractivity contribution < 1.29 is 24.1 Å². The molecule has 2 atom stereocenters. The predicted molar refractivity (Wildman–Crippen MR) is 141 cm³/mol. The number of amides is 3. The van der Waals surface area contributed by atoms with E-state index in [1.807, 2.05) is 20.8 Å². The summed E-state index contributed by atoms with van der Waals surface area (Å²) in [4.78, 5) is 26.3. The molecule has 208 valence electrons. The summed E-state index contributed by atoms with van der Waals surface area (Å²) in [6, 6.07) is -1.81. The molecule has 2 aliphatic heterocycles. The van der Waals surface area contributed by atoms with E-state index in [0.29, 0.717) is 31.6 Å². The third-order valence-corrected chi connectivity index (χ3v) is 11.5. The number of nitrogens with zero attached hydrogens (tertiary/aromatic N) is 5. The first-order valence-corrected chi connectivity index (χ1v) is 15.7. The van der Waals surface area contributed by atoms with Gasteiger partial charge in [0.2, 0.25) is 8.32 Å². The lowest BCUT2D eigenvalue weighted by atomic mass is 9.97. The number of rotatable bonds is 8. The van der Waals surface area contributed by atoms with Crippen molar-refractivity contribution in [3.05, 3.63) is 17.5 Å². The highest BCUT2D eigenvalue weighted by Crippen LogP contribution is 2.44. The minimum Gasteiger partial charge on any atom is -0.444 e. The summed E-state index contributed by atoms with van der Waals surface area (Å²) in [5.41, 5.74) is 0.884. The molecule has 3 amide bonds. The molecule has 2 aliphatic rings. The van der Waals surface area contributed by atoms with Crippen LogP contribution in [0.2, 0.25) is 18.1 Å². The molecule has 13 heteroatoms. The quantitative estimate of drug-likeness (QED) is 0.113. The Morgan fingerprint density at radius 2 is 1.92 bits per heavy atom. The summed E-state index contributed by atoms with van der Waals surface area (Å²) in [5.74, 6) is 0.113. The van der Waals surface area contributed by atoms with Gasteiger partial charge in [0.05, 0.1) is 18.4 Å². The van der Waals surface area contributed by atoms with Gasteiger partial charge in [-0.15, -0.1) is 0 Å². The zero-order chi connectivity index (χ0) is 27.9. The van der Waals surface area contributed by atoms with Crippen LogP contribution in [0.1, 0.15) is 77.7 Å². The molecule has 0 aliphatic carbocycles. The van der Waals surface area contributed by atoms with E-state index >= 15 is 0 Å². The zero-order valence-electron chi connectivity index (χ0n) is 23.6. The number of hydrogen-bond donors (Lipinski definition) is 3. The van der Waals surface area contributed by atoms with Crippen LogP contribution in [-0.4, -0.2) is 82.0 Å². The van der Waals surface area contributed by atoms with Gasteiger partial charge in [-0.1, -0.05) is 20.8 Å². The van der Waals surface area contributed by atoms with E-state index in [-0.39, 0.29) is 17.4 Å². The summed E-state index contributed by atoms with van der Waals surface area (Å²) < 4.78 is 13.4. The van der Waals surface area contributed by atoms with Gasteiger partial charge in [-0.25, -0.2) is 9.59 Å². The van der Waals surface area contributed by atoms with Gasteiger partial charge >= 0.3 is 12.1 Å². The van der Waals surface area contributed by atoms with Crippen molar-refractivity contribution in [2.24, 2.45) is 0 Å². The van der Waals surface area contributed by atoms with Crippen molar-refractivity contribution in [1.29, 1.82) is 5.41 Å². The highest BCUT2D eigenvalue weighted by molar-refractivity contribution is 6.74. The Kier molecular flexibility index (Phi) is 8.02. The molecule has 12 nitrogen and oxygen atoms in total. The Morgan fingerprint density at radius 3 is 2.51 bits per heavy atom. The molecule has 0 saturated carbocycles. The molecular formula is C24H43N7O5Si. The normalized spacial score (nSPS) is 19.7. The largest absolute Gasteiger partial charge is 0.444 e. The molecule has 0 spiro atoms. The van der Waals surface area contributed by atoms with Crippen molar-refractivity contribution >= 4 is 26.3 Å². The van der Waals surface area contributed by atoms with E-state index in [4.69, 9.17) is 14.7 Å². The number of hydrogen-bond acceptors (Lipinski definition) is 7. The number of alkyl carbamates (subject to hydrolysis) is 1. The summed E-state index contributed by atoms with van der Waals surface area (Å²) in [6.07, 6.45) is 2.63. The van der Waals surface area contributed by atoms with Gasteiger partial charge in [-0.2, -0.15) is 10.2 Å². The van der Waals surface area contributed by atoms with Crippen LogP contribution >= 0.6 is 0 Å². The highest BCUT2D eigenvalue weighted by Gasteiger charge is 2.52. The number of unbranched alkanes of at least 4 members (excludes halogenated alkanes) is 1. The first-order valence-electron chi connectivity index (χ1n) is 12.8. The number of likely N-dealkylation sites (N-methyl/N-ethyl adjacent to an activating group) is 1. The van der Waals surface area contributed by atoms with Crippen LogP contribution < -0.4 is 5.32 Å². The fraction of sp³-hybridized carbons (Fsp3) is 0.750. The molecule has 1 aromatic rings. The van der Waals surface area contributed by atoms with E-state index in [1.54, 1.807) is 17.9 Å². The lowest BCUT2D eigenvalue weighted by molar-refractivity contribution is -0.0586. The second-order valence-corrected chi connectivity index (χ2v) is 17.0. The van der Waals surface area contributed by atoms with Gasteiger partial charge in [0.1, 0.15) is 23.5 Å². The molecule has 3 N–H and O–H groups in total. The topological polar surface area (TPSA) is 136 Å². The van der Waals surface area contributed by atoms with Crippen molar-refractivity contribution in [2.45, 2.75) is 96.7 Å². The SMILES string of the molecule is CN(O[Si](C)(C)C(C)(C)C)C(=N)[C@@H]1c2c(cnn2CCCCNC(=O)OC(C)(C)C)[C@@H]2CN1C(=O)N2O. The molecule has 0 unspecified atom stereocenters. The number of aryl methyl sites for hydroxylation is 1. The van der Waals surface area contributed by atoms with E-state index < -0.39 is 38.1 Å². The second kappa shape index (κ2) is 10.3. The Morgan fingerprint density at radius 1 is 1.27 bits per heavy atom. The van der Waals surface area contributed by atoms with E-state index in [9.17, 15) is 14.8 Å². The third kappa shape index (κ3) is 6.09. The molecule has 1 saturated heterocycles. The number of amidine groups is 1. The van der Waals surface area contributed by atoms with E-state index in [2.05, 4.69) is 44.3 Å². The number of fused-ring (bicyclic) bond motifs is 4. The molecule has 1 fully saturated rings. The zero-order valence-corrected chi connectivity index (χ0v) is 24.6. The number of aromatic nitrogens is 2. The number of carbonyl (C=O) groups is 2. The minimum atomic E-state index is -2.24. The summed E-state index contributed by atoms with van der Waals surface area (Å²) in [5, 5.41) is 29.0. The Labute approximate surface area is 220 Å². The minimum absolute atomic E-state index is 0.0646. The Bertz CT molecular complexity index is 1030. The molecule has 3 rings (SSSR count). The van der Waals surface area contributed by atoms with Crippen molar-refractivity contribution in [1.82, 2.24) is 30.1 Å². The number of ether oxygens (including phenoxy) is 1. The fourth-order valence-electron chi connectivity index (χ4n) is 4.21. The summed E-state index contributed by atoms with van der Waals surface area (Å²) in [6.45, 7) is 17.3. The van der Waals surface area contributed by atoms with Gasteiger partial charge in [0, 0.05) is 25.7 Å². The van der Waals surface area contributed by atoms with E-state index in [1.165, 1.54) is 9.96 Å². The lowest BCUT2D eigenvalue weighted by Crippen LogP contribution is -2.51. The first-order chi connectivity index (χ1) is 16.9. The average Bonchev–Trinajstić information content (AvgIpc) is 3.27. The standard InChI is InChI=1S/C24H43N7O5Si/c1-23(2,3)35-21(32)26-12-10-11-13-30-18-16(14-27-30)17-15-29(22(33)31(17)34)19(18)20(25)28(7)36-37(8,9)24(4,5)6/h14,17,19,25,34H,10-13,15H2,1-9H3,(H,26,32)/t17-,19-/m0/s1. The lowest BCUT2D eigenvalue weighted by Gasteiger charge is -2.41. The average molecular weight is 538 g/mol. The molecule has 2 bridgehead atoms. The predicted octanol–water partition coefficient (Wildman–Crippen LogP) is 4.26. The van der Waals surface area contributed by atoms with Crippen molar-refractivity contribution in [2.75, 3.05) is 20.1 Å². The second-order valence-electron chi connectivity index (χ2n) is 12.3. The number of nitrogens with one attached hydrogen (secondary N) is 2. The van der Waals surface area contributed by atoms with Crippen LogP contribution in [0, 0.1) is 5.41 Å². The van der Waals surface area contributed by atoms with Crippen LogP contribution in [0.25, 0.3) is 0 Å². The van der Waals surface area contributed by atoms with Crippen molar-refractivity contribution in [3.8, 4) is 0 Å². The summed E-state index contributed by atoms with van der Waals surface area (Å²) in [7, 11) is -0.532. The summed E-state index contributed by atoms with van der Waals surface area (Å²) >= 11 is 0. The highest BCUT2D eigenvalue weighted by atomic mass is 28.4. The van der Waals surface area contributed by atoms with Crippen molar-refractivity contribution in [3.63, 3.8) is 0 Å². The maximum absolute atomic E-state index is 12.9. The van der Waals surface area contributed by atoms with Gasteiger partial charge < -0.3 is 19.5 Å². The van der Waals surface area contributed by atoms with Gasteiger partial charge in [0.15, 0.2) is 0 Å². The maximum Gasteiger partial charge on any atom is 0.407 e. The monoisotopic (exact) mass is 537 g/mol. The smallest absolute Gasteiger partial charge is 0.407 e. The van der Waals surface area contributed by atoms with Gasteiger partial charge in [-0.05, 0) is 51.7 Å². The number of hydroxylamine groups is 4. The van der Waals surface area contributed by atoms with Crippen LogP contribution in [0.15, 0.2) is 6.20 Å². The molecule has 0 radical (unpaired) electrons. The maximum atomic E-state index is 12.9. The van der Waals surface area contributed by atoms with Gasteiger partial charge in [0.25, 0.3) is 0 Å². The molecule has 0 aromatic carbocycles. The Hall–Kier alpha value is -2.64. The molecule has 37 heavy (non-hydrogen) atoms. The third-order valence-electron chi connectivity index (χ3n) is 7.18.